The van der Waals surface area contributed by atoms with E-state index in [0.717, 1.165) is 12.6 Å². The molecular weight excluding hydrogens is 196 g/mol. The van der Waals surface area contributed by atoms with Crippen LogP contribution in [-0.2, 0) is 0 Å². The van der Waals surface area contributed by atoms with Gasteiger partial charge in [0, 0.05) is 24.2 Å². The molecular formula is C14H30N2. The fourth-order valence-corrected chi connectivity index (χ4v) is 2.45. The minimum Gasteiger partial charge on any atom is -0.312 e. The first-order chi connectivity index (χ1) is 7.47. The van der Waals surface area contributed by atoms with Gasteiger partial charge in [-0.05, 0) is 47.1 Å². The Morgan fingerprint density at radius 3 is 2.38 bits per heavy atom. The predicted molar refractivity (Wildman–Crippen MR) is 71.9 cm³/mol. The second-order valence-electron chi connectivity index (χ2n) is 6.02. The molecule has 96 valence electrons. The Hall–Kier alpha value is -0.0800. The van der Waals surface area contributed by atoms with Gasteiger partial charge in [0.05, 0.1) is 0 Å². The number of nitrogens with one attached hydrogen (secondary N) is 1. The molecule has 0 radical (unpaired) electrons. The maximum Gasteiger partial charge on any atom is 0.0194 e. The van der Waals surface area contributed by atoms with E-state index in [1.165, 1.54) is 32.1 Å². The normalized spacial score (nSPS) is 20.6. The van der Waals surface area contributed by atoms with Crippen LogP contribution >= 0.6 is 0 Å². The van der Waals surface area contributed by atoms with Crippen LogP contribution in [0.4, 0.5) is 0 Å². The highest BCUT2D eigenvalue weighted by molar-refractivity contribution is 4.83. The van der Waals surface area contributed by atoms with E-state index >= 15 is 0 Å². The minimum absolute atomic E-state index is 0.316. The Kier molecular flexibility index (Phi) is 5.26. The van der Waals surface area contributed by atoms with Crippen molar-refractivity contribution in [3.63, 3.8) is 0 Å². The van der Waals surface area contributed by atoms with Crippen LogP contribution in [0.2, 0.25) is 0 Å². The third kappa shape index (κ3) is 3.74. The fraction of sp³-hybridized carbons (Fsp3) is 1.00. The molecule has 1 rings (SSSR count). The van der Waals surface area contributed by atoms with E-state index in [9.17, 15) is 0 Å². The Bertz CT molecular complexity index is 195. The molecule has 1 unspecified atom stereocenters. The molecule has 0 spiro atoms. The molecule has 0 aliphatic heterocycles. The lowest BCUT2D eigenvalue weighted by atomic mass is 9.98. The molecule has 0 saturated heterocycles. The van der Waals surface area contributed by atoms with Gasteiger partial charge in [-0.15, -0.1) is 0 Å². The van der Waals surface area contributed by atoms with E-state index in [2.05, 4.69) is 45.0 Å². The van der Waals surface area contributed by atoms with Gasteiger partial charge in [0.1, 0.15) is 0 Å². The first kappa shape index (κ1) is 14.0. The zero-order chi connectivity index (χ0) is 12.2. The van der Waals surface area contributed by atoms with Crippen LogP contribution in [0.5, 0.6) is 0 Å². The molecule has 16 heavy (non-hydrogen) atoms. The van der Waals surface area contributed by atoms with Gasteiger partial charge in [0.25, 0.3) is 0 Å². The van der Waals surface area contributed by atoms with Crippen molar-refractivity contribution in [1.29, 1.82) is 0 Å². The van der Waals surface area contributed by atoms with Gasteiger partial charge in [-0.2, -0.15) is 0 Å². The van der Waals surface area contributed by atoms with Gasteiger partial charge >= 0.3 is 0 Å². The average molecular weight is 226 g/mol. The van der Waals surface area contributed by atoms with Crippen LogP contribution in [0.1, 0.15) is 59.8 Å². The van der Waals surface area contributed by atoms with Crippen molar-refractivity contribution in [1.82, 2.24) is 10.2 Å². The van der Waals surface area contributed by atoms with E-state index < -0.39 is 0 Å². The lowest BCUT2D eigenvalue weighted by Gasteiger charge is -2.39. The summed E-state index contributed by atoms with van der Waals surface area (Å²) in [6.45, 7) is 10.4. The number of rotatable bonds is 6. The summed E-state index contributed by atoms with van der Waals surface area (Å²) >= 11 is 0. The summed E-state index contributed by atoms with van der Waals surface area (Å²) in [7, 11) is 2.25. The van der Waals surface area contributed by atoms with Gasteiger partial charge in [0.15, 0.2) is 0 Å². The van der Waals surface area contributed by atoms with Crippen molar-refractivity contribution in [2.24, 2.45) is 0 Å². The van der Waals surface area contributed by atoms with Crippen LogP contribution in [0.3, 0.4) is 0 Å². The van der Waals surface area contributed by atoms with Crippen molar-refractivity contribution in [3.8, 4) is 0 Å². The third-order valence-corrected chi connectivity index (χ3v) is 4.54. The van der Waals surface area contributed by atoms with Crippen molar-refractivity contribution in [3.05, 3.63) is 0 Å². The number of hydrogen-bond donors (Lipinski definition) is 1. The number of hydrogen-bond acceptors (Lipinski definition) is 2. The van der Waals surface area contributed by atoms with Crippen LogP contribution in [0, 0.1) is 0 Å². The van der Waals surface area contributed by atoms with Gasteiger partial charge in [0.2, 0.25) is 0 Å². The van der Waals surface area contributed by atoms with E-state index in [-0.39, 0.29) is 0 Å². The second-order valence-corrected chi connectivity index (χ2v) is 6.02. The number of likely N-dealkylation sites (N-methyl/N-ethyl adjacent to an activating group) is 1. The van der Waals surface area contributed by atoms with Gasteiger partial charge in [-0.1, -0.05) is 19.8 Å². The predicted octanol–water partition coefficient (Wildman–Crippen LogP) is 3.03. The van der Waals surface area contributed by atoms with Crippen LogP contribution in [0.25, 0.3) is 0 Å². The summed E-state index contributed by atoms with van der Waals surface area (Å²) in [5, 5.41) is 3.72. The van der Waals surface area contributed by atoms with Crippen molar-refractivity contribution < 1.29 is 0 Å². The Balaban J connectivity index is 2.30. The fourth-order valence-electron chi connectivity index (χ4n) is 2.45. The van der Waals surface area contributed by atoms with Gasteiger partial charge < -0.3 is 5.32 Å². The molecule has 1 saturated carbocycles. The molecule has 2 heteroatoms. The van der Waals surface area contributed by atoms with Gasteiger partial charge in [-0.25, -0.2) is 0 Å². The van der Waals surface area contributed by atoms with Crippen molar-refractivity contribution >= 4 is 0 Å². The maximum atomic E-state index is 3.72. The third-order valence-electron chi connectivity index (χ3n) is 4.54. The molecule has 2 nitrogen and oxygen atoms in total. The van der Waals surface area contributed by atoms with Crippen LogP contribution in [-0.4, -0.2) is 36.1 Å². The first-order valence-corrected chi connectivity index (χ1v) is 6.93. The van der Waals surface area contributed by atoms with Crippen molar-refractivity contribution in [2.45, 2.75) is 77.4 Å². The second kappa shape index (κ2) is 6.02. The molecule has 0 aromatic rings. The van der Waals surface area contributed by atoms with E-state index in [1.807, 2.05) is 0 Å². The van der Waals surface area contributed by atoms with E-state index in [1.54, 1.807) is 0 Å². The summed E-state index contributed by atoms with van der Waals surface area (Å²) in [5.74, 6) is 0. The molecule has 0 heterocycles. The van der Waals surface area contributed by atoms with Gasteiger partial charge in [-0.3, -0.25) is 4.90 Å². The monoisotopic (exact) mass is 226 g/mol. The largest absolute Gasteiger partial charge is 0.312 e. The summed E-state index contributed by atoms with van der Waals surface area (Å²) in [6, 6.07) is 1.41. The SMILES string of the molecule is CCC(C)(C)N(C)C(C)CNC1CCCC1. The molecule has 0 bridgehead atoms. The Morgan fingerprint density at radius 1 is 1.31 bits per heavy atom. The molecule has 1 atom stereocenters. The van der Waals surface area contributed by atoms with E-state index in [0.29, 0.717) is 11.6 Å². The van der Waals surface area contributed by atoms with Crippen molar-refractivity contribution in [2.75, 3.05) is 13.6 Å². The lowest BCUT2D eigenvalue weighted by molar-refractivity contribution is 0.103. The quantitative estimate of drug-likeness (QED) is 0.749. The minimum atomic E-state index is 0.316. The molecule has 1 aliphatic carbocycles. The van der Waals surface area contributed by atoms with Crippen LogP contribution < -0.4 is 5.32 Å². The highest BCUT2D eigenvalue weighted by atomic mass is 15.2. The number of nitrogens with zero attached hydrogens (tertiary/aromatic N) is 1. The van der Waals surface area contributed by atoms with E-state index in [4.69, 9.17) is 0 Å². The smallest absolute Gasteiger partial charge is 0.0194 e. The Morgan fingerprint density at radius 2 is 1.88 bits per heavy atom. The maximum absolute atomic E-state index is 3.72. The topological polar surface area (TPSA) is 15.3 Å². The molecule has 0 amide bonds. The first-order valence-electron chi connectivity index (χ1n) is 6.93. The summed E-state index contributed by atoms with van der Waals surface area (Å²) < 4.78 is 0. The average Bonchev–Trinajstić information content (AvgIpc) is 2.77. The summed E-state index contributed by atoms with van der Waals surface area (Å²) in [6.07, 6.45) is 6.81. The molecule has 1 N–H and O–H groups in total. The summed E-state index contributed by atoms with van der Waals surface area (Å²) in [5.41, 5.74) is 0.316. The Labute approximate surface area is 102 Å². The highest BCUT2D eigenvalue weighted by Crippen LogP contribution is 2.20. The van der Waals surface area contributed by atoms with Crippen LogP contribution in [0.15, 0.2) is 0 Å². The lowest BCUT2D eigenvalue weighted by Crippen LogP contribution is -2.50. The highest BCUT2D eigenvalue weighted by Gasteiger charge is 2.25. The zero-order valence-corrected chi connectivity index (χ0v) is 11.8. The standard InChI is InChI=1S/C14H30N2/c1-6-14(3,4)16(5)12(2)11-15-13-9-7-8-10-13/h12-13,15H,6-11H2,1-5H3. The molecule has 0 aromatic heterocycles. The molecule has 1 fully saturated rings. The zero-order valence-electron chi connectivity index (χ0n) is 11.8. The molecule has 1 aliphatic rings. The summed E-state index contributed by atoms with van der Waals surface area (Å²) in [4.78, 5) is 2.51. The molecule has 0 aromatic carbocycles.